The average molecular weight is 248 g/mol. The molecule has 0 fully saturated rings. The zero-order valence-electron chi connectivity index (χ0n) is 9.15. The Morgan fingerprint density at radius 2 is 1.81 bits per heavy atom. The molecule has 0 aliphatic rings. The van der Waals surface area contributed by atoms with Gasteiger partial charge in [0, 0.05) is 11.8 Å². The first-order chi connectivity index (χ1) is 7.05. The van der Waals surface area contributed by atoms with Gasteiger partial charge in [-0.1, -0.05) is 6.07 Å². The van der Waals surface area contributed by atoms with Crippen LogP contribution in [0.1, 0.15) is 19.4 Å². The summed E-state index contributed by atoms with van der Waals surface area (Å²) in [4.78, 5) is -0.585. The maximum Gasteiger partial charge on any atom is 0.183 e. The van der Waals surface area contributed by atoms with Gasteiger partial charge in [-0.05, 0) is 19.9 Å². The Balaban J connectivity index is 3.54. The highest BCUT2D eigenvalue weighted by atomic mass is 32.2. The van der Waals surface area contributed by atoms with Crippen LogP contribution in [0, 0.1) is 5.82 Å². The van der Waals surface area contributed by atoms with E-state index >= 15 is 0 Å². The van der Waals surface area contributed by atoms with Crippen molar-refractivity contribution < 1.29 is 23.0 Å². The maximum absolute atomic E-state index is 13.5. The lowest BCUT2D eigenvalue weighted by Gasteiger charge is -2.19. The van der Waals surface area contributed by atoms with Gasteiger partial charge >= 0.3 is 0 Å². The summed E-state index contributed by atoms with van der Waals surface area (Å²) < 4.78 is 35.9. The molecule has 0 unspecified atom stereocenters. The smallest absolute Gasteiger partial charge is 0.183 e. The largest absolute Gasteiger partial charge is 0.505 e. The Bertz CT molecular complexity index is 514. The van der Waals surface area contributed by atoms with E-state index in [2.05, 4.69) is 0 Å². The number of halogens is 1. The lowest BCUT2D eigenvalue weighted by atomic mass is 9.97. The molecule has 0 heterocycles. The standard InChI is InChI=1S/C10H13FO4S/c1-10(2,13)6-4-5-7(16(3,14)15)8(11)9(6)12/h4-5,12-13H,1-3H3. The molecule has 0 aliphatic heterocycles. The summed E-state index contributed by atoms with van der Waals surface area (Å²) in [5.41, 5.74) is -1.50. The number of phenols is 1. The van der Waals surface area contributed by atoms with Gasteiger partial charge in [0.15, 0.2) is 21.4 Å². The molecule has 4 nitrogen and oxygen atoms in total. The normalized spacial score (nSPS) is 12.8. The molecule has 0 spiro atoms. The van der Waals surface area contributed by atoms with Crippen molar-refractivity contribution in [1.29, 1.82) is 0 Å². The first-order valence-corrected chi connectivity index (χ1v) is 6.38. The van der Waals surface area contributed by atoms with Crippen LogP contribution >= 0.6 is 0 Å². The van der Waals surface area contributed by atoms with Crippen LogP contribution in [0.5, 0.6) is 5.75 Å². The molecule has 90 valence electrons. The zero-order chi connectivity index (χ0) is 12.7. The number of rotatable bonds is 2. The molecule has 1 rings (SSSR count). The quantitative estimate of drug-likeness (QED) is 0.823. The van der Waals surface area contributed by atoms with Crippen molar-refractivity contribution in [3.63, 3.8) is 0 Å². The van der Waals surface area contributed by atoms with E-state index in [1.807, 2.05) is 0 Å². The van der Waals surface area contributed by atoms with E-state index in [4.69, 9.17) is 0 Å². The van der Waals surface area contributed by atoms with E-state index in [-0.39, 0.29) is 5.56 Å². The summed E-state index contributed by atoms with van der Waals surface area (Å²) in [5, 5.41) is 19.1. The van der Waals surface area contributed by atoms with Gasteiger partial charge in [0.1, 0.15) is 4.90 Å². The van der Waals surface area contributed by atoms with Crippen LogP contribution in [0.25, 0.3) is 0 Å². The Morgan fingerprint density at radius 1 is 1.31 bits per heavy atom. The highest BCUT2D eigenvalue weighted by molar-refractivity contribution is 7.90. The number of phenolic OH excluding ortho intramolecular Hbond substituents is 1. The fourth-order valence-corrected chi connectivity index (χ4v) is 2.06. The molecule has 1 aromatic rings. The molecule has 0 saturated carbocycles. The minimum Gasteiger partial charge on any atom is -0.505 e. The number of aromatic hydroxyl groups is 1. The van der Waals surface area contributed by atoms with Crippen LogP contribution < -0.4 is 0 Å². The fraction of sp³-hybridized carbons (Fsp3) is 0.400. The second-order valence-electron chi connectivity index (χ2n) is 4.11. The van der Waals surface area contributed by atoms with Crippen molar-refractivity contribution in [2.75, 3.05) is 6.26 Å². The SMILES string of the molecule is CC(C)(O)c1ccc(S(C)(=O)=O)c(F)c1O. The fourth-order valence-electron chi connectivity index (χ4n) is 1.33. The minimum atomic E-state index is -3.73. The van der Waals surface area contributed by atoms with E-state index in [0.29, 0.717) is 0 Å². The first-order valence-electron chi connectivity index (χ1n) is 4.49. The molecule has 0 atom stereocenters. The lowest BCUT2D eigenvalue weighted by Crippen LogP contribution is -2.17. The zero-order valence-corrected chi connectivity index (χ0v) is 9.97. The first kappa shape index (κ1) is 12.9. The molecule has 1 aromatic carbocycles. The molecule has 0 amide bonds. The van der Waals surface area contributed by atoms with E-state index in [1.165, 1.54) is 19.9 Å². The third kappa shape index (κ3) is 2.33. The Hall–Kier alpha value is -1.14. The van der Waals surface area contributed by atoms with Crippen molar-refractivity contribution in [3.8, 4) is 5.75 Å². The number of hydrogen-bond donors (Lipinski definition) is 2. The summed E-state index contributed by atoms with van der Waals surface area (Å²) in [5.74, 6) is -2.07. The van der Waals surface area contributed by atoms with Crippen molar-refractivity contribution >= 4 is 9.84 Å². The molecule has 0 aromatic heterocycles. The van der Waals surface area contributed by atoms with Crippen molar-refractivity contribution in [1.82, 2.24) is 0 Å². The molecule has 0 radical (unpaired) electrons. The molecular weight excluding hydrogens is 235 g/mol. The topological polar surface area (TPSA) is 74.6 Å². The second kappa shape index (κ2) is 3.71. The van der Waals surface area contributed by atoms with Gasteiger partial charge in [0.25, 0.3) is 0 Å². The van der Waals surface area contributed by atoms with Crippen molar-refractivity contribution in [2.24, 2.45) is 0 Å². The molecule has 0 saturated heterocycles. The molecule has 0 aliphatic carbocycles. The molecule has 0 bridgehead atoms. The number of sulfone groups is 1. The van der Waals surface area contributed by atoms with Gasteiger partial charge in [-0.3, -0.25) is 0 Å². The van der Waals surface area contributed by atoms with Gasteiger partial charge in [0.05, 0.1) is 5.60 Å². The van der Waals surface area contributed by atoms with Crippen LogP contribution in [0.4, 0.5) is 4.39 Å². The molecule has 6 heteroatoms. The van der Waals surface area contributed by atoms with E-state index in [9.17, 15) is 23.0 Å². The number of aliphatic hydroxyl groups is 1. The highest BCUT2D eigenvalue weighted by Gasteiger charge is 2.26. The summed E-state index contributed by atoms with van der Waals surface area (Å²) in [6, 6.07) is 2.21. The lowest BCUT2D eigenvalue weighted by molar-refractivity contribution is 0.0750. The van der Waals surface area contributed by atoms with Crippen LogP contribution in [-0.2, 0) is 15.4 Å². The van der Waals surface area contributed by atoms with Gasteiger partial charge < -0.3 is 10.2 Å². The van der Waals surface area contributed by atoms with Crippen molar-refractivity contribution in [2.45, 2.75) is 24.3 Å². The minimum absolute atomic E-state index is 0.0580. The second-order valence-corrected chi connectivity index (χ2v) is 6.09. The number of hydrogen-bond acceptors (Lipinski definition) is 4. The third-order valence-corrected chi connectivity index (χ3v) is 3.25. The maximum atomic E-state index is 13.5. The van der Waals surface area contributed by atoms with Gasteiger partial charge in [-0.15, -0.1) is 0 Å². The van der Waals surface area contributed by atoms with Crippen LogP contribution in [0.3, 0.4) is 0 Å². The number of benzene rings is 1. The van der Waals surface area contributed by atoms with Crippen LogP contribution in [0.15, 0.2) is 17.0 Å². The van der Waals surface area contributed by atoms with Gasteiger partial charge in [-0.25, -0.2) is 12.8 Å². The van der Waals surface area contributed by atoms with E-state index in [0.717, 1.165) is 12.3 Å². The molecule has 16 heavy (non-hydrogen) atoms. The van der Waals surface area contributed by atoms with Crippen molar-refractivity contribution in [3.05, 3.63) is 23.5 Å². The van der Waals surface area contributed by atoms with E-state index in [1.54, 1.807) is 0 Å². The summed E-state index contributed by atoms with van der Waals surface area (Å²) in [7, 11) is -3.73. The summed E-state index contributed by atoms with van der Waals surface area (Å²) >= 11 is 0. The van der Waals surface area contributed by atoms with Crippen LogP contribution in [-0.4, -0.2) is 24.9 Å². The third-order valence-electron chi connectivity index (χ3n) is 2.14. The van der Waals surface area contributed by atoms with Gasteiger partial charge in [-0.2, -0.15) is 0 Å². The summed E-state index contributed by atoms with van der Waals surface area (Å²) in [6.45, 7) is 2.73. The van der Waals surface area contributed by atoms with Crippen LogP contribution in [0.2, 0.25) is 0 Å². The molecular formula is C10H13FO4S. The summed E-state index contributed by atoms with van der Waals surface area (Å²) in [6.07, 6.45) is 0.842. The Morgan fingerprint density at radius 3 is 2.19 bits per heavy atom. The Kier molecular flexibility index (Phi) is 3.00. The molecule has 2 N–H and O–H groups in total. The van der Waals surface area contributed by atoms with E-state index < -0.39 is 31.9 Å². The predicted molar refractivity (Wildman–Crippen MR) is 56.4 cm³/mol. The predicted octanol–water partition coefficient (Wildman–Crippen LogP) is 1.16. The monoisotopic (exact) mass is 248 g/mol. The van der Waals surface area contributed by atoms with Gasteiger partial charge in [0.2, 0.25) is 0 Å². The highest BCUT2D eigenvalue weighted by Crippen LogP contribution is 2.33. The Labute approximate surface area is 93.3 Å². The average Bonchev–Trinajstić information content (AvgIpc) is 2.05.